The van der Waals surface area contributed by atoms with E-state index in [1.165, 1.54) is 0 Å². The smallest absolute Gasteiger partial charge is 0.333 e. The van der Waals surface area contributed by atoms with Gasteiger partial charge >= 0.3 is 5.97 Å². The average molecular weight is 219 g/mol. The van der Waals surface area contributed by atoms with Crippen molar-refractivity contribution in [1.29, 1.82) is 5.26 Å². The number of carboxylic acid groups (broad SMARTS) is 1. The summed E-state index contributed by atoms with van der Waals surface area (Å²) in [6.07, 6.45) is -1.50. The second kappa shape index (κ2) is 4.33. The summed E-state index contributed by atoms with van der Waals surface area (Å²) in [5, 5.41) is 27.1. The van der Waals surface area contributed by atoms with E-state index in [1.54, 1.807) is 38.1 Å². The molecule has 1 atom stereocenters. The third-order valence-electron chi connectivity index (χ3n) is 2.65. The summed E-state index contributed by atoms with van der Waals surface area (Å²) >= 11 is 0. The Labute approximate surface area is 93.8 Å². The van der Waals surface area contributed by atoms with Gasteiger partial charge in [-0.1, -0.05) is 26.0 Å². The number of hydrogen-bond acceptors (Lipinski definition) is 3. The standard InChI is InChI=1S/C12H13NO3/c1-12(2,10(14)11(15)16)9-5-3-4-8(6-9)7-13/h3-6,10,14H,1-2H3,(H,15,16). The molecule has 16 heavy (non-hydrogen) atoms. The number of aliphatic hydroxyl groups excluding tert-OH is 1. The van der Waals surface area contributed by atoms with Crippen LogP contribution in [-0.4, -0.2) is 22.3 Å². The Kier molecular flexibility index (Phi) is 3.31. The largest absolute Gasteiger partial charge is 0.479 e. The fraction of sp³-hybridized carbons (Fsp3) is 0.333. The number of nitrogens with zero attached hydrogens (tertiary/aromatic N) is 1. The van der Waals surface area contributed by atoms with Crippen molar-refractivity contribution in [3.05, 3.63) is 35.4 Å². The zero-order valence-electron chi connectivity index (χ0n) is 9.14. The molecule has 0 aliphatic rings. The highest BCUT2D eigenvalue weighted by molar-refractivity contribution is 5.74. The Morgan fingerprint density at radius 2 is 2.12 bits per heavy atom. The molecule has 0 aliphatic heterocycles. The van der Waals surface area contributed by atoms with E-state index in [-0.39, 0.29) is 0 Å². The van der Waals surface area contributed by atoms with Crippen molar-refractivity contribution in [3.8, 4) is 6.07 Å². The Hall–Kier alpha value is -1.86. The highest BCUT2D eigenvalue weighted by Gasteiger charge is 2.35. The molecule has 0 spiro atoms. The lowest BCUT2D eigenvalue weighted by atomic mass is 9.79. The summed E-state index contributed by atoms with van der Waals surface area (Å²) in [5.41, 5.74) is 0.142. The molecule has 4 heteroatoms. The predicted molar refractivity (Wildman–Crippen MR) is 57.8 cm³/mol. The molecule has 0 aromatic heterocycles. The van der Waals surface area contributed by atoms with Gasteiger partial charge in [0.2, 0.25) is 0 Å². The summed E-state index contributed by atoms with van der Waals surface area (Å²) in [5.74, 6) is -1.27. The van der Waals surface area contributed by atoms with E-state index < -0.39 is 17.5 Å². The van der Waals surface area contributed by atoms with Crippen LogP contribution in [0.1, 0.15) is 25.0 Å². The maximum Gasteiger partial charge on any atom is 0.333 e. The molecule has 2 N–H and O–H groups in total. The minimum atomic E-state index is -1.50. The maximum atomic E-state index is 10.8. The molecule has 1 rings (SSSR count). The van der Waals surface area contributed by atoms with E-state index in [4.69, 9.17) is 10.4 Å². The van der Waals surface area contributed by atoms with Gasteiger partial charge in [-0.05, 0) is 17.7 Å². The first kappa shape index (κ1) is 12.2. The van der Waals surface area contributed by atoms with Gasteiger partial charge in [0.1, 0.15) is 0 Å². The summed E-state index contributed by atoms with van der Waals surface area (Å²) in [7, 11) is 0. The number of benzene rings is 1. The van der Waals surface area contributed by atoms with E-state index >= 15 is 0 Å². The number of aliphatic carboxylic acids is 1. The van der Waals surface area contributed by atoms with Crippen LogP contribution in [-0.2, 0) is 10.2 Å². The average Bonchev–Trinajstić information content (AvgIpc) is 2.27. The molecule has 0 amide bonds. The summed E-state index contributed by atoms with van der Waals surface area (Å²) < 4.78 is 0. The number of hydrogen-bond donors (Lipinski definition) is 2. The molecule has 0 bridgehead atoms. The number of rotatable bonds is 3. The molecule has 0 radical (unpaired) electrons. The van der Waals surface area contributed by atoms with Crippen molar-refractivity contribution in [2.45, 2.75) is 25.4 Å². The van der Waals surface area contributed by atoms with Crippen LogP contribution in [0.4, 0.5) is 0 Å². The molecular formula is C12H13NO3. The number of aliphatic hydroxyl groups is 1. The predicted octanol–water partition coefficient (Wildman–Crippen LogP) is 1.28. The molecule has 4 nitrogen and oxygen atoms in total. The van der Waals surface area contributed by atoms with Crippen LogP contribution >= 0.6 is 0 Å². The first-order valence-electron chi connectivity index (χ1n) is 4.81. The lowest BCUT2D eigenvalue weighted by Crippen LogP contribution is -2.39. The second-order valence-electron chi connectivity index (χ2n) is 4.16. The molecule has 1 aromatic rings. The molecule has 0 saturated carbocycles. The number of nitriles is 1. The summed E-state index contributed by atoms with van der Waals surface area (Å²) in [6.45, 7) is 3.25. The van der Waals surface area contributed by atoms with Gasteiger partial charge in [0.25, 0.3) is 0 Å². The van der Waals surface area contributed by atoms with Crippen LogP contribution in [0.25, 0.3) is 0 Å². The third kappa shape index (κ3) is 2.20. The van der Waals surface area contributed by atoms with E-state index in [1.807, 2.05) is 6.07 Å². The van der Waals surface area contributed by atoms with E-state index in [0.717, 1.165) is 0 Å². The minimum absolute atomic E-state index is 0.447. The quantitative estimate of drug-likeness (QED) is 0.802. The van der Waals surface area contributed by atoms with Crippen molar-refractivity contribution in [3.63, 3.8) is 0 Å². The van der Waals surface area contributed by atoms with Crippen LogP contribution in [0.5, 0.6) is 0 Å². The van der Waals surface area contributed by atoms with Crippen LogP contribution in [0.3, 0.4) is 0 Å². The molecule has 1 unspecified atom stereocenters. The van der Waals surface area contributed by atoms with Gasteiger partial charge in [0, 0.05) is 5.41 Å². The van der Waals surface area contributed by atoms with Crippen molar-refractivity contribution in [2.24, 2.45) is 0 Å². The Morgan fingerprint density at radius 1 is 1.50 bits per heavy atom. The van der Waals surface area contributed by atoms with Crippen molar-refractivity contribution < 1.29 is 15.0 Å². The second-order valence-corrected chi connectivity index (χ2v) is 4.16. The minimum Gasteiger partial charge on any atom is -0.479 e. The molecule has 0 heterocycles. The Morgan fingerprint density at radius 3 is 2.62 bits per heavy atom. The normalized spacial score (nSPS) is 12.9. The monoisotopic (exact) mass is 219 g/mol. The molecular weight excluding hydrogens is 206 g/mol. The summed E-state index contributed by atoms with van der Waals surface area (Å²) in [4.78, 5) is 10.8. The summed E-state index contributed by atoms with van der Waals surface area (Å²) in [6, 6.07) is 8.57. The fourth-order valence-electron chi connectivity index (χ4n) is 1.46. The number of carbonyl (C=O) groups is 1. The third-order valence-corrected chi connectivity index (χ3v) is 2.65. The van der Waals surface area contributed by atoms with Crippen LogP contribution in [0, 0.1) is 11.3 Å². The molecule has 1 aromatic carbocycles. The van der Waals surface area contributed by atoms with Crippen molar-refractivity contribution >= 4 is 5.97 Å². The van der Waals surface area contributed by atoms with Gasteiger partial charge in [-0.25, -0.2) is 4.79 Å². The molecule has 0 aliphatic carbocycles. The van der Waals surface area contributed by atoms with Gasteiger partial charge in [0.15, 0.2) is 6.10 Å². The van der Waals surface area contributed by atoms with E-state index in [9.17, 15) is 9.90 Å². The molecule has 0 saturated heterocycles. The van der Waals surface area contributed by atoms with Crippen LogP contribution < -0.4 is 0 Å². The SMILES string of the molecule is CC(C)(c1cccc(C#N)c1)C(O)C(=O)O. The highest BCUT2D eigenvalue weighted by atomic mass is 16.4. The van der Waals surface area contributed by atoms with Gasteiger partial charge in [0.05, 0.1) is 11.6 Å². The Balaban J connectivity index is 3.16. The topological polar surface area (TPSA) is 81.3 Å². The number of carboxylic acids is 1. The van der Waals surface area contributed by atoms with Gasteiger partial charge in [-0.15, -0.1) is 0 Å². The molecule has 84 valence electrons. The van der Waals surface area contributed by atoms with Crippen molar-refractivity contribution in [1.82, 2.24) is 0 Å². The molecule has 0 fully saturated rings. The van der Waals surface area contributed by atoms with E-state index in [2.05, 4.69) is 0 Å². The zero-order chi connectivity index (χ0) is 12.3. The maximum absolute atomic E-state index is 10.8. The van der Waals surface area contributed by atoms with Crippen LogP contribution in [0.15, 0.2) is 24.3 Å². The van der Waals surface area contributed by atoms with Crippen molar-refractivity contribution in [2.75, 3.05) is 0 Å². The van der Waals surface area contributed by atoms with E-state index in [0.29, 0.717) is 11.1 Å². The van der Waals surface area contributed by atoms with Gasteiger partial charge in [-0.3, -0.25) is 0 Å². The Bertz CT molecular complexity index is 446. The first-order valence-corrected chi connectivity index (χ1v) is 4.81. The van der Waals surface area contributed by atoms with Gasteiger partial charge in [-0.2, -0.15) is 5.26 Å². The highest BCUT2D eigenvalue weighted by Crippen LogP contribution is 2.27. The fourth-order valence-corrected chi connectivity index (χ4v) is 1.46. The zero-order valence-corrected chi connectivity index (χ0v) is 9.14. The lowest BCUT2D eigenvalue weighted by Gasteiger charge is -2.28. The van der Waals surface area contributed by atoms with Gasteiger partial charge < -0.3 is 10.2 Å². The van der Waals surface area contributed by atoms with Crippen LogP contribution in [0.2, 0.25) is 0 Å². The lowest BCUT2D eigenvalue weighted by molar-refractivity contribution is -0.150. The first-order chi connectivity index (χ1) is 7.39.